The molecule has 90 valence electrons. The van der Waals surface area contributed by atoms with Crippen LogP contribution in [0.5, 0.6) is 0 Å². The highest BCUT2D eigenvalue weighted by atomic mass is 79.9. The van der Waals surface area contributed by atoms with Crippen LogP contribution in [0, 0.1) is 0 Å². The van der Waals surface area contributed by atoms with Crippen molar-refractivity contribution >= 4 is 43.2 Å². The molecule has 2 rings (SSSR count). The third-order valence-corrected chi connectivity index (χ3v) is 4.80. The minimum Gasteiger partial charge on any atom is -0.305 e. The van der Waals surface area contributed by atoms with Crippen LogP contribution in [0.2, 0.25) is 0 Å². The van der Waals surface area contributed by atoms with E-state index >= 15 is 0 Å². The summed E-state index contributed by atoms with van der Waals surface area (Å²) < 4.78 is 2.28. The zero-order valence-corrected chi connectivity index (χ0v) is 13.4. The third kappa shape index (κ3) is 3.91. The topological polar surface area (TPSA) is 12.0 Å². The predicted octanol–water partition coefficient (Wildman–Crippen LogP) is 5.12. The van der Waals surface area contributed by atoms with Crippen LogP contribution in [0.25, 0.3) is 0 Å². The summed E-state index contributed by atoms with van der Waals surface area (Å²) in [5, 5.41) is 5.63. The molecular formula is C13H13Br2NS. The van der Waals surface area contributed by atoms with E-state index in [1.54, 1.807) is 11.3 Å². The van der Waals surface area contributed by atoms with Gasteiger partial charge < -0.3 is 5.32 Å². The number of nitrogens with one attached hydrogen (secondary N) is 1. The quantitative estimate of drug-likeness (QED) is 0.782. The van der Waals surface area contributed by atoms with Crippen molar-refractivity contribution in [3.8, 4) is 0 Å². The molecule has 0 amide bonds. The van der Waals surface area contributed by atoms with Crippen LogP contribution >= 0.6 is 43.2 Å². The molecule has 0 aliphatic carbocycles. The first-order valence-electron chi connectivity index (χ1n) is 5.37. The van der Waals surface area contributed by atoms with Crippen LogP contribution in [0.3, 0.4) is 0 Å². The lowest BCUT2D eigenvalue weighted by molar-refractivity contribution is 0.579. The normalized spacial score (nSPS) is 12.6. The molecule has 1 heterocycles. The molecule has 0 radical (unpaired) electrons. The summed E-state index contributed by atoms with van der Waals surface area (Å²) in [5.41, 5.74) is 1.31. The number of benzene rings is 1. The third-order valence-electron chi connectivity index (χ3n) is 2.57. The van der Waals surface area contributed by atoms with E-state index in [4.69, 9.17) is 0 Å². The van der Waals surface area contributed by atoms with Crippen molar-refractivity contribution in [2.24, 2.45) is 0 Å². The van der Waals surface area contributed by atoms with Gasteiger partial charge in [-0.25, -0.2) is 0 Å². The van der Waals surface area contributed by atoms with E-state index in [0.717, 1.165) is 15.5 Å². The van der Waals surface area contributed by atoms with Crippen molar-refractivity contribution in [3.05, 3.63) is 55.1 Å². The molecule has 1 N–H and O–H groups in total. The Kier molecular flexibility index (Phi) is 4.79. The summed E-state index contributed by atoms with van der Waals surface area (Å²) in [6, 6.07) is 11.0. The highest BCUT2D eigenvalue weighted by Crippen LogP contribution is 2.21. The van der Waals surface area contributed by atoms with Crippen molar-refractivity contribution < 1.29 is 0 Å². The maximum Gasteiger partial charge on any atom is 0.0305 e. The Balaban J connectivity index is 1.93. The monoisotopic (exact) mass is 373 g/mol. The highest BCUT2D eigenvalue weighted by Gasteiger charge is 2.05. The van der Waals surface area contributed by atoms with Crippen LogP contribution in [-0.2, 0) is 6.54 Å². The van der Waals surface area contributed by atoms with Gasteiger partial charge >= 0.3 is 0 Å². The Hall–Kier alpha value is -0.160. The van der Waals surface area contributed by atoms with Crippen molar-refractivity contribution in [2.75, 3.05) is 0 Å². The van der Waals surface area contributed by atoms with Gasteiger partial charge in [0.2, 0.25) is 0 Å². The molecule has 0 saturated heterocycles. The van der Waals surface area contributed by atoms with Crippen molar-refractivity contribution in [3.63, 3.8) is 0 Å². The molecule has 1 atom stereocenters. The van der Waals surface area contributed by atoms with Gasteiger partial charge in [-0.3, -0.25) is 0 Å². The summed E-state index contributed by atoms with van der Waals surface area (Å²) in [6.45, 7) is 3.10. The van der Waals surface area contributed by atoms with E-state index in [0.29, 0.717) is 6.04 Å². The summed E-state index contributed by atoms with van der Waals surface area (Å²) in [5.74, 6) is 0. The number of hydrogen-bond acceptors (Lipinski definition) is 2. The minimum absolute atomic E-state index is 0.365. The zero-order chi connectivity index (χ0) is 12.3. The van der Waals surface area contributed by atoms with Gasteiger partial charge in [-0.05, 0) is 46.6 Å². The first-order chi connectivity index (χ1) is 8.15. The number of hydrogen-bond donors (Lipinski definition) is 1. The van der Waals surface area contributed by atoms with Gasteiger partial charge in [-0.15, -0.1) is 11.3 Å². The molecule has 1 nitrogen and oxygen atoms in total. The second-order valence-electron chi connectivity index (χ2n) is 3.89. The molecule has 0 bridgehead atoms. The Morgan fingerprint density at radius 3 is 2.47 bits per heavy atom. The molecule has 1 aromatic carbocycles. The first kappa shape index (κ1) is 13.3. The van der Waals surface area contributed by atoms with Crippen molar-refractivity contribution in [2.45, 2.75) is 19.5 Å². The lowest BCUT2D eigenvalue weighted by atomic mass is 10.1. The highest BCUT2D eigenvalue weighted by molar-refractivity contribution is 9.10. The van der Waals surface area contributed by atoms with Crippen LogP contribution in [0.4, 0.5) is 0 Å². The van der Waals surface area contributed by atoms with Gasteiger partial charge in [0.05, 0.1) is 0 Å². The van der Waals surface area contributed by atoms with Gasteiger partial charge in [0.25, 0.3) is 0 Å². The van der Waals surface area contributed by atoms with E-state index in [9.17, 15) is 0 Å². The molecule has 2 aromatic rings. The van der Waals surface area contributed by atoms with E-state index in [-0.39, 0.29) is 0 Å². The van der Waals surface area contributed by atoms with Gasteiger partial charge in [0.15, 0.2) is 0 Å². The van der Waals surface area contributed by atoms with Gasteiger partial charge in [-0.1, -0.05) is 28.1 Å². The average Bonchev–Trinajstić information content (AvgIpc) is 2.73. The van der Waals surface area contributed by atoms with Gasteiger partial charge in [0, 0.05) is 31.8 Å². The maximum atomic E-state index is 3.52. The summed E-state index contributed by atoms with van der Waals surface area (Å²) in [7, 11) is 0. The zero-order valence-electron chi connectivity index (χ0n) is 9.41. The molecule has 1 aromatic heterocycles. The average molecular weight is 375 g/mol. The molecule has 0 aliphatic rings. The van der Waals surface area contributed by atoms with Crippen LogP contribution in [-0.4, -0.2) is 0 Å². The molecule has 0 spiro atoms. The minimum atomic E-state index is 0.365. The van der Waals surface area contributed by atoms with Gasteiger partial charge in [0.1, 0.15) is 0 Å². The largest absolute Gasteiger partial charge is 0.305 e. The number of rotatable bonds is 4. The van der Waals surface area contributed by atoms with E-state index in [1.165, 1.54) is 10.4 Å². The summed E-state index contributed by atoms with van der Waals surface area (Å²) >= 11 is 8.69. The van der Waals surface area contributed by atoms with Gasteiger partial charge in [-0.2, -0.15) is 0 Å². The van der Waals surface area contributed by atoms with Crippen LogP contribution in [0.1, 0.15) is 23.4 Å². The molecule has 17 heavy (non-hydrogen) atoms. The second kappa shape index (κ2) is 6.14. The lowest BCUT2D eigenvalue weighted by Gasteiger charge is -2.13. The van der Waals surface area contributed by atoms with E-state index in [1.807, 2.05) is 0 Å². The molecule has 0 fully saturated rings. The Bertz CT molecular complexity index is 478. The first-order valence-corrected chi connectivity index (χ1v) is 7.83. The lowest BCUT2D eigenvalue weighted by Crippen LogP contribution is -2.17. The number of halogens is 2. The van der Waals surface area contributed by atoms with E-state index in [2.05, 4.69) is 79.8 Å². The fourth-order valence-electron chi connectivity index (χ4n) is 1.57. The number of thiophene rings is 1. The second-order valence-corrected chi connectivity index (χ2v) is 6.71. The molecule has 0 aliphatic heterocycles. The summed E-state index contributed by atoms with van der Waals surface area (Å²) in [6.07, 6.45) is 0. The fourth-order valence-corrected chi connectivity index (χ4v) is 3.24. The van der Waals surface area contributed by atoms with E-state index < -0.39 is 0 Å². The van der Waals surface area contributed by atoms with Crippen LogP contribution < -0.4 is 5.32 Å². The summed E-state index contributed by atoms with van der Waals surface area (Å²) in [4.78, 5) is 1.35. The van der Waals surface area contributed by atoms with Crippen molar-refractivity contribution in [1.29, 1.82) is 0 Å². The Morgan fingerprint density at radius 1 is 1.18 bits per heavy atom. The maximum absolute atomic E-state index is 3.52. The Morgan fingerprint density at radius 2 is 1.88 bits per heavy atom. The molecule has 4 heteroatoms. The SMILES string of the molecule is C[C@@H](NCc1cc(Br)cs1)c1ccc(Br)cc1. The van der Waals surface area contributed by atoms with Crippen LogP contribution in [0.15, 0.2) is 44.7 Å². The molecule has 0 unspecified atom stereocenters. The smallest absolute Gasteiger partial charge is 0.0305 e. The predicted molar refractivity (Wildman–Crippen MR) is 81.4 cm³/mol. The Labute approximate surface area is 123 Å². The molecular weight excluding hydrogens is 362 g/mol. The molecule has 0 saturated carbocycles. The van der Waals surface area contributed by atoms with Crippen molar-refractivity contribution in [1.82, 2.24) is 5.32 Å². The standard InChI is InChI=1S/C13H13Br2NS/c1-9(10-2-4-11(14)5-3-10)16-7-13-6-12(15)8-17-13/h2-6,8-9,16H,7H2,1H3/t9-/m1/s1. The fraction of sp³-hybridized carbons (Fsp3) is 0.231.